The zero-order valence-corrected chi connectivity index (χ0v) is 11.6. The van der Waals surface area contributed by atoms with Gasteiger partial charge >= 0.3 is 5.97 Å². The quantitative estimate of drug-likeness (QED) is 0.833. The van der Waals surface area contributed by atoms with Gasteiger partial charge in [0.15, 0.2) is 0 Å². The number of esters is 1. The Kier molecular flexibility index (Phi) is 4.99. The van der Waals surface area contributed by atoms with E-state index in [1.54, 1.807) is 32.2 Å². The van der Waals surface area contributed by atoms with Crippen LogP contribution in [0.5, 0.6) is 5.75 Å². The molecule has 0 saturated carbocycles. The summed E-state index contributed by atoms with van der Waals surface area (Å²) in [7, 11) is 2.93. The van der Waals surface area contributed by atoms with E-state index in [1.807, 2.05) is 0 Å². The second-order valence-electron chi connectivity index (χ2n) is 4.39. The van der Waals surface area contributed by atoms with Gasteiger partial charge in [0, 0.05) is 11.6 Å². The van der Waals surface area contributed by atoms with Gasteiger partial charge in [-0.2, -0.15) is 0 Å². The van der Waals surface area contributed by atoms with Crippen molar-refractivity contribution in [2.75, 3.05) is 20.8 Å². The largest absolute Gasteiger partial charge is 0.496 e. The van der Waals surface area contributed by atoms with Crippen molar-refractivity contribution >= 4 is 17.6 Å². The first-order valence-electron chi connectivity index (χ1n) is 5.57. The minimum atomic E-state index is -0.785. The van der Waals surface area contributed by atoms with E-state index in [2.05, 4.69) is 0 Å². The molecule has 1 aromatic carbocycles. The Bertz CT molecular complexity index is 436. The number of carbonyl (C=O) groups is 1. The molecule has 2 N–H and O–H groups in total. The van der Waals surface area contributed by atoms with Crippen LogP contribution in [0, 0.1) is 5.41 Å². The van der Waals surface area contributed by atoms with Gasteiger partial charge in [0.1, 0.15) is 5.75 Å². The lowest BCUT2D eigenvalue weighted by molar-refractivity contribution is -0.151. The van der Waals surface area contributed by atoms with Gasteiger partial charge < -0.3 is 15.2 Å². The summed E-state index contributed by atoms with van der Waals surface area (Å²) in [5.41, 5.74) is 5.74. The molecular weight excluding hydrogens is 254 g/mol. The predicted octanol–water partition coefficient (Wildman–Crippen LogP) is 2.03. The van der Waals surface area contributed by atoms with E-state index >= 15 is 0 Å². The summed E-state index contributed by atoms with van der Waals surface area (Å²) < 4.78 is 10.0. The molecule has 0 aliphatic heterocycles. The predicted molar refractivity (Wildman–Crippen MR) is 70.9 cm³/mol. The van der Waals surface area contributed by atoms with Crippen LogP contribution in [0.4, 0.5) is 0 Å². The van der Waals surface area contributed by atoms with Crippen LogP contribution in [0.25, 0.3) is 0 Å². The van der Waals surface area contributed by atoms with Crippen molar-refractivity contribution in [1.29, 1.82) is 0 Å². The number of hydrogen-bond donors (Lipinski definition) is 1. The second kappa shape index (κ2) is 6.07. The summed E-state index contributed by atoms with van der Waals surface area (Å²) in [6, 6.07) is 5.28. The van der Waals surface area contributed by atoms with Gasteiger partial charge in [-0.25, -0.2) is 0 Å². The molecule has 0 heterocycles. The number of methoxy groups -OCH3 is 2. The van der Waals surface area contributed by atoms with Gasteiger partial charge in [-0.15, -0.1) is 0 Å². The highest BCUT2D eigenvalue weighted by molar-refractivity contribution is 6.30. The lowest BCUT2D eigenvalue weighted by Crippen LogP contribution is -2.38. The van der Waals surface area contributed by atoms with Crippen LogP contribution in [-0.2, 0) is 16.0 Å². The smallest absolute Gasteiger partial charge is 0.313 e. The van der Waals surface area contributed by atoms with Gasteiger partial charge in [0.2, 0.25) is 0 Å². The molecule has 0 amide bonds. The topological polar surface area (TPSA) is 61.5 Å². The SMILES string of the molecule is COC(=O)C(C)(CN)Cc1cc(Cl)ccc1OC. The van der Waals surface area contributed by atoms with E-state index in [9.17, 15) is 4.79 Å². The van der Waals surface area contributed by atoms with Crippen LogP contribution in [0.3, 0.4) is 0 Å². The molecule has 18 heavy (non-hydrogen) atoms. The number of benzene rings is 1. The van der Waals surface area contributed by atoms with Gasteiger partial charge in [-0.05, 0) is 37.1 Å². The number of nitrogens with two attached hydrogens (primary N) is 1. The third kappa shape index (κ3) is 3.15. The van der Waals surface area contributed by atoms with Crippen molar-refractivity contribution in [3.8, 4) is 5.75 Å². The Labute approximate surface area is 112 Å². The van der Waals surface area contributed by atoms with E-state index in [0.29, 0.717) is 17.2 Å². The molecule has 1 atom stereocenters. The van der Waals surface area contributed by atoms with Crippen molar-refractivity contribution in [1.82, 2.24) is 0 Å². The van der Waals surface area contributed by atoms with Crippen molar-refractivity contribution in [2.45, 2.75) is 13.3 Å². The molecule has 0 aliphatic carbocycles. The molecule has 0 aliphatic rings. The lowest BCUT2D eigenvalue weighted by Gasteiger charge is -2.25. The normalized spacial score (nSPS) is 13.8. The minimum Gasteiger partial charge on any atom is -0.496 e. The summed E-state index contributed by atoms with van der Waals surface area (Å²) in [6.07, 6.45) is 0.417. The van der Waals surface area contributed by atoms with Gasteiger partial charge in [-0.3, -0.25) is 4.79 Å². The molecule has 1 aromatic rings. The fourth-order valence-corrected chi connectivity index (χ4v) is 1.97. The highest BCUT2D eigenvalue weighted by atomic mass is 35.5. The van der Waals surface area contributed by atoms with Crippen LogP contribution in [0.1, 0.15) is 12.5 Å². The number of halogens is 1. The van der Waals surface area contributed by atoms with Crippen LogP contribution in [0.15, 0.2) is 18.2 Å². The number of ether oxygens (including phenoxy) is 2. The average Bonchev–Trinajstić information content (AvgIpc) is 2.37. The Morgan fingerprint density at radius 3 is 2.61 bits per heavy atom. The first-order valence-corrected chi connectivity index (χ1v) is 5.95. The molecule has 0 spiro atoms. The zero-order valence-electron chi connectivity index (χ0n) is 10.8. The van der Waals surface area contributed by atoms with E-state index in [-0.39, 0.29) is 12.5 Å². The van der Waals surface area contributed by atoms with Gasteiger partial charge in [0.05, 0.1) is 19.6 Å². The van der Waals surface area contributed by atoms with Gasteiger partial charge in [0.25, 0.3) is 0 Å². The molecule has 4 nitrogen and oxygen atoms in total. The summed E-state index contributed by atoms with van der Waals surface area (Å²) in [4.78, 5) is 11.8. The molecule has 0 bridgehead atoms. The van der Waals surface area contributed by atoms with Crippen LogP contribution in [0.2, 0.25) is 5.02 Å². The molecule has 1 unspecified atom stereocenters. The average molecular weight is 272 g/mol. The molecule has 100 valence electrons. The Morgan fingerprint density at radius 2 is 2.11 bits per heavy atom. The Morgan fingerprint density at radius 1 is 1.44 bits per heavy atom. The van der Waals surface area contributed by atoms with Crippen molar-refractivity contribution < 1.29 is 14.3 Å². The van der Waals surface area contributed by atoms with Crippen molar-refractivity contribution in [3.05, 3.63) is 28.8 Å². The molecule has 1 rings (SSSR count). The second-order valence-corrected chi connectivity index (χ2v) is 4.83. The highest BCUT2D eigenvalue weighted by Crippen LogP contribution is 2.30. The van der Waals surface area contributed by atoms with Crippen LogP contribution in [-0.4, -0.2) is 26.7 Å². The number of hydrogen-bond acceptors (Lipinski definition) is 4. The number of carbonyl (C=O) groups excluding carboxylic acids is 1. The first-order chi connectivity index (χ1) is 8.46. The third-order valence-electron chi connectivity index (χ3n) is 2.95. The Hall–Kier alpha value is -1.26. The molecule has 0 fully saturated rings. The number of rotatable bonds is 5. The fraction of sp³-hybridized carbons (Fsp3) is 0.462. The van der Waals surface area contributed by atoms with Crippen molar-refractivity contribution in [3.63, 3.8) is 0 Å². The minimum absolute atomic E-state index is 0.190. The van der Waals surface area contributed by atoms with Gasteiger partial charge in [-0.1, -0.05) is 11.6 Å². The summed E-state index contributed by atoms with van der Waals surface area (Å²) in [5, 5.41) is 0.593. The van der Waals surface area contributed by atoms with E-state index < -0.39 is 5.41 Å². The molecule has 0 saturated heterocycles. The molecule has 0 aromatic heterocycles. The third-order valence-corrected chi connectivity index (χ3v) is 3.19. The molecule has 0 radical (unpaired) electrons. The van der Waals surface area contributed by atoms with Crippen LogP contribution >= 0.6 is 11.6 Å². The first kappa shape index (κ1) is 14.8. The van der Waals surface area contributed by atoms with E-state index in [4.69, 9.17) is 26.8 Å². The standard InChI is InChI=1S/C13H18ClNO3/c1-13(8-15,12(16)18-3)7-9-6-10(14)4-5-11(9)17-2/h4-6H,7-8,15H2,1-3H3. The van der Waals surface area contributed by atoms with Crippen LogP contribution < -0.4 is 10.5 Å². The molecule has 5 heteroatoms. The zero-order chi connectivity index (χ0) is 13.8. The fourth-order valence-electron chi connectivity index (χ4n) is 1.78. The van der Waals surface area contributed by atoms with E-state index in [0.717, 1.165) is 5.56 Å². The Balaban J connectivity index is 3.08. The van der Waals surface area contributed by atoms with E-state index in [1.165, 1.54) is 7.11 Å². The lowest BCUT2D eigenvalue weighted by atomic mass is 9.83. The maximum Gasteiger partial charge on any atom is 0.313 e. The highest BCUT2D eigenvalue weighted by Gasteiger charge is 2.34. The maximum absolute atomic E-state index is 11.8. The summed E-state index contributed by atoms with van der Waals surface area (Å²) in [5.74, 6) is 0.343. The summed E-state index contributed by atoms with van der Waals surface area (Å²) >= 11 is 5.96. The maximum atomic E-state index is 11.8. The summed E-state index contributed by atoms with van der Waals surface area (Å²) in [6.45, 7) is 1.95. The monoisotopic (exact) mass is 271 g/mol. The van der Waals surface area contributed by atoms with Crippen molar-refractivity contribution in [2.24, 2.45) is 11.1 Å². The molecular formula is C13H18ClNO3.